The zero-order valence-electron chi connectivity index (χ0n) is 23.0. The van der Waals surface area contributed by atoms with Crippen LogP contribution in [0.3, 0.4) is 0 Å². The van der Waals surface area contributed by atoms with Crippen LogP contribution in [-0.2, 0) is 32.1 Å². The van der Waals surface area contributed by atoms with Crippen LogP contribution in [-0.4, -0.2) is 47.7 Å². The number of cyclic esters (lactones) is 1. The Kier molecular flexibility index (Phi) is 10.7. The molecule has 0 saturated heterocycles. The topological polar surface area (TPSA) is 114 Å². The third-order valence-corrected chi connectivity index (χ3v) is 7.60. The van der Waals surface area contributed by atoms with Crippen molar-refractivity contribution in [3.63, 3.8) is 0 Å². The fourth-order valence-electron chi connectivity index (χ4n) is 5.29. The Morgan fingerprint density at radius 3 is 2.52 bits per heavy atom. The van der Waals surface area contributed by atoms with E-state index in [0.29, 0.717) is 32.3 Å². The number of ether oxygens (including phenoxy) is 2. The van der Waals surface area contributed by atoms with Crippen LogP contribution in [0.25, 0.3) is 0 Å². The first-order valence-electron chi connectivity index (χ1n) is 14.2. The molecule has 0 aromatic heterocycles. The Hall–Kier alpha value is -3.65. The van der Waals surface area contributed by atoms with E-state index < -0.39 is 17.5 Å². The molecule has 4 rings (SSSR count). The Labute approximate surface area is 236 Å². The SMILES string of the molecule is O=C(C[C@H]1CC=CCCC(=O)OCC2(CCCC2)NC1=O)N[C@H](CO)Cc1ccc(OCc2ccccc2)cc1. The summed E-state index contributed by atoms with van der Waals surface area (Å²) < 4.78 is 11.3. The van der Waals surface area contributed by atoms with Crippen molar-refractivity contribution in [2.24, 2.45) is 5.92 Å². The molecule has 2 aromatic rings. The molecule has 0 radical (unpaired) electrons. The second-order valence-corrected chi connectivity index (χ2v) is 10.9. The molecule has 0 bridgehead atoms. The highest BCUT2D eigenvalue weighted by molar-refractivity contribution is 5.86. The number of amides is 2. The average Bonchev–Trinajstić information content (AvgIpc) is 3.43. The van der Waals surface area contributed by atoms with E-state index in [1.807, 2.05) is 66.7 Å². The summed E-state index contributed by atoms with van der Waals surface area (Å²) >= 11 is 0. The number of esters is 1. The summed E-state index contributed by atoms with van der Waals surface area (Å²) in [5.74, 6) is -0.553. The zero-order valence-corrected chi connectivity index (χ0v) is 23.0. The maximum atomic E-state index is 13.3. The molecule has 2 aromatic carbocycles. The van der Waals surface area contributed by atoms with E-state index in [1.54, 1.807) is 0 Å². The fourth-order valence-corrected chi connectivity index (χ4v) is 5.29. The molecule has 1 aliphatic carbocycles. The summed E-state index contributed by atoms with van der Waals surface area (Å²) in [5.41, 5.74) is 1.48. The molecule has 1 fully saturated rings. The van der Waals surface area contributed by atoms with Gasteiger partial charge in [-0.15, -0.1) is 0 Å². The number of nitrogens with one attached hydrogen (secondary N) is 2. The van der Waals surface area contributed by atoms with Gasteiger partial charge >= 0.3 is 5.97 Å². The van der Waals surface area contributed by atoms with Crippen molar-refractivity contribution in [2.75, 3.05) is 13.2 Å². The number of carbonyl (C=O) groups excluding carboxylic acids is 3. The maximum absolute atomic E-state index is 13.3. The Morgan fingerprint density at radius 2 is 1.80 bits per heavy atom. The van der Waals surface area contributed by atoms with Crippen LogP contribution in [0.5, 0.6) is 5.75 Å². The normalized spacial score (nSPS) is 20.1. The lowest BCUT2D eigenvalue weighted by Gasteiger charge is -2.32. The van der Waals surface area contributed by atoms with Gasteiger partial charge < -0.3 is 25.2 Å². The molecule has 0 unspecified atom stereocenters. The van der Waals surface area contributed by atoms with Crippen molar-refractivity contribution in [2.45, 2.75) is 76.0 Å². The largest absolute Gasteiger partial charge is 0.489 e. The zero-order chi connectivity index (χ0) is 28.2. The van der Waals surface area contributed by atoms with Gasteiger partial charge in [-0.05, 0) is 55.4 Å². The van der Waals surface area contributed by atoms with Crippen LogP contribution in [0.15, 0.2) is 66.7 Å². The Bertz CT molecular complexity index is 1140. The van der Waals surface area contributed by atoms with Crippen LogP contribution in [0.2, 0.25) is 0 Å². The predicted molar refractivity (Wildman–Crippen MR) is 151 cm³/mol. The summed E-state index contributed by atoms with van der Waals surface area (Å²) in [4.78, 5) is 38.4. The molecule has 8 heteroatoms. The van der Waals surface area contributed by atoms with Gasteiger partial charge in [0, 0.05) is 12.8 Å². The minimum absolute atomic E-state index is 0.00873. The molecule has 1 saturated carbocycles. The van der Waals surface area contributed by atoms with Gasteiger partial charge in [0.05, 0.1) is 24.1 Å². The standard InChI is InChI=1S/C32H40N2O6/c35-21-27(19-24-13-15-28(16-14-24)39-22-25-9-3-1-4-10-25)33-29(36)20-26-11-5-2-6-12-30(37)40-23-32(34-31(26)38)17-7-8-18-32/h1-5,9-10,13-16,26-27,35H,6-8,11-12,17-23H2,(H,33,36)(H,34,38)/t26-,27+/m1/s1. The highest BCUT2D eigenvalue weighted by Crippen LogP contribution is 2.31. The van der Waals surface area contributed by atoms with Gasteiger partial charge in [0.25, 0.3) is 0 Å². The monoisotopic (exact) mass is 548 g/mol. The molecule has 2 amide bonds. The lowest BCUT2D eigenvalue weighted by Crippen LogP contribution is -2.52. The van der Waals surface area contributed by atoms with Crippen LogP contribution in [0.1, 0.15) is 62.5 Å². The number of aliphatic hydroxyl groups excluding tert-OH is 1. The first-order chi connectivity index (χ1) is 19.4. The maximum Gasteiger partial charge on any atom is 0.306 e. The van der Waals surface area contributed by atoms with Crippen molar-refractivity contribution in [1.29, 1.82) is 0 Å². The van der Waals surface area contributed by atoms with E-state index in [0.717, 1.165) is 42.6 Å². The highest BCUT2D eigenvalue weighted by atomic mass is 16.5. The quantitative estimate of drug-likeness (QED) is 0.322. The van der Waals surface area contributed by atoms with E-state index >= 15 is 0 Å². The summed E-state index contributed by atoms with van der Waals surface area (Å²) in [7, 11) is 0. The van der Waals surface area contributed by atoms with Gasteiger partial charge in [-0.2, -0.15) is 0 Å². The Morgan fingerprint density at radius 1 is 1.05 bits per heavy atom. The van der Waals surface area contributed by atoms with E-state index in [4.69, 9.17) is 9.47 Å². The van der Waals surface area contributed by atoms with Gasteiger partial charge in [0.1, 0.15) is 19.0 Å². The minimum Gasteiger partial charge on any atom is -0.489 e. The van der Waals surface area contributed by atoms with E-state index in [-0.39, 0.29) is 37.4 Å². The van der Waals surface area contributed by atoms with Crippen LogP contribution in [0, 0.1) is 5.92 Å². The molecule has 1 aliphatic heterocycles. The second kappa shape index (κ2) is 14.7. The summed E-state index contributed by atoms with van der Waals surface area (Å²) in [6.45, 7) is 0.428. The van der Waals surface area contributed by atoms with Gasteiger partial charge in [-0.3, -0.25) is 14.4 Å². The number of hydrogen-bond donors (Lipinski definition) is 3. The molecule has 40 heavy (non-hydrogen) atoms. The van der Waals surface area contributed by atoms with E-state index in [9.17, 15) is 19.5 Å². The van der Waals surface area contributed by atoms with Crippen molar-refractivity contribution in [3.05, 3.63) is 77.9 Å². The third-order valence-electron chi connectivity index (χ3n) is 7.60. The number of allylic oxidation sites excluding steroid dienone is 2. The fraction of sp³-hybridized carbons (Fsp3) is 0.469. The summed E-state index contributed by atoms with van der Waals surface area (Å²) in [6, 6.07) is 17.1. The molecule has 1 heterocycles. The minimum atomic E-state index is -0.561. The number of rotatable bonds is 9. The number of hydrogen-bond acceptors (Lipinski definition) is 6. The summed E-state index contributed by atoms with van der Waals surface area (Å²) in [6.07, 6.45) is 8.84. The van der Waals surface area contributed by atoms with Crippen molar-refractivity contribution in [3.8, 4) is 5.75 Å². The molecule has 1 spiro atoms. The molecule has 3 N–H and O–H groups in total. The van der Waals surface area contributed by atoms with Gasteiger partial charge in [-0.1, -0.05) is 67.5 Å². The van der Waals surface area contributed by atoms with Gasteiger partial charge in [-0.25, -0.2) is 0 Å². The lowest BCUT2D eigenvalue weighted by molar-refractivity contribution is -0.147. The first-order valence-corrected chi connectivity index (χ1v) is 14.2. The first kappa shape index (κ1) is 29.3. The smallest absolute Gasteiger partial charge is 0.306 e. The molecular formula is C32H40N2O6. The highest BCUT2D eigenvalue weighted by Gasteiger charge is 2.38. The number of benzene rings is 2. The van der Waals surface area contributed by atoms with Crippen molar-refractivity contribution in [1.82, 2.24) is 10.6 Å². The van der Waals surface area contributed by atoms with Crippen molar-refractivity contribution < 1.29 is 29.0 Å². The molecule has 8 nitrogen and oxygen atoms in total. The molecular weight excluding hydrogens is 508 g/mol. The van der Waals surface area contributed by atoms with Gasteiger partial charge in [0.15, 0.2) is 0 Å². The number of aliphatic hydroxyl groups is 1. The average molecular weight is 549 g/mol. The molecule has 214 valence electrons. The van der Waals surface area contributed by atoms with Crippen LogP contribution in [0.4, 0.5) is 0 Å². The second-order valence-electron chi connectivity index (χ2n) is 10.9. The predicted octanol–water partition coefficient (Wildman–Crippen LogP) is 4.00. The van der Waals surface area contributed by atoms with Gasteiger partial charge in [0.2, 0.25) is 11.8 Å². The summed E-state index contributed by atoms with van der Waals surface area (Å²) in [5, 5.41) is 16.0. The number of carbonyl (C=O) groups is 3. The van der Waals surface area contributed by atoms with E-state index in [1.165, 1.54) is 0 Å². The lowest BCUT2D eigenvalue weighted by atomic mass is 9.93. The van der Waals surface area contributed by atoms with Crippen LogP contribution >= 0.6 is 0 Å². The van der Waals surface area contributed by atoms with E-state index in [2.05, 4.69) is 10.6 Å². The molecule has 2 aliphatic rings. The Balaban J connectivity index is 1.32. The van der Waals surface area contributed by atoms with Crippen molar-refractivity contribution >= 4 is 17.8 Å². The third kappa shape index (κ3) is 8.95. The van der Waals surface area contributed by atoms with Crippen LogP contribution < -0.4 is 15.4 Å². The molecule has 2 atom stereocenters.